The van der Waals surface area contributed by atoms with Crippen molar-refractivity contribution in [2.24, 2.45) is 45.8 Å². The number of hydrogen-bond donors (Lipinski definition) is 0. The Labute approximate surface area is 349 Å². The summed E-state index contributed by atoms with van der Waals surface area (Å²) in [7, 11) is 0. The molecule has 1 saturated carbocycles. The first-order chi connectivity index (χ1) is 23.9. The van der Waals surface area contributed by atoms with Gasteiger partial charge >= 0.3 is 0 Å². The summed E-state index contributed by atoms with van der Waals surface area (Å²) in [6, 6.07) is 0. The molecule has 0 radical (unpaired) electrons. The van der Waals surface area contributed by atoms with E-state index in [-0.39, 0.29) is 0 Å². The highest BCUT2D eigenvalue weighted by Crippen LogP contribution is 2.23. The third-order valence-corrected chi connectivity index (χ3v) is 7.34. The van der Waals surface area contributed by atoms with Gasteiger partial charge in [-0.1, -0.05) is 305 Å². The molecule has 0 aliphatic heterocycles. The fraction of sp³-hybridized carbons (Fsp3) is 1.00. The van der Waals surface area contributed by atoms with Gasteiger partial charge in [-0.2, -0.15) is 0 Å². The van der Waals surface area contributed by atoms with Gasteiger partial charge in [0.25, 0.3) is 0 Å². The first-order valence-electron chi connectivity index (χ1n) is 23.9. The molecule has 0 aromatic rings. The lowest BCUT2D eigenvalue weighted by Crippen LogP contribution is -2.00. The highest BCUT2D eigenvalue weighted by molar-refractivity contribution is 4.60. The molecule has 0 aromatic carbocycles. The molecule has 53 heavy (non-hydrogen) atoms. The fourth-order valence-corrected chi connectivity index (χ4v) is 2.00. The zero-order valence-electron chi connectivity index (χ0n) is 45.3. The minimum Gasteiger partial charge on any atom is -0.0683 e. The highest BCUT2D eigenvalue weighted by Gasteiger charge is 2.07. The zero-order chi connectivity index (χ0) is 45.3. The van der Waals surface area contributed by atoms with Gasteiger partial charge < -0.3 is 0 Å². The Morgan fingerprint density at radius 3 is 0.679 bits per heavy atom. The maximum atomic E-state index is 2.34. The van der Waals surface area contributed by atoms with Crippen LogP contribution in [0.4, 0.5) is 0 Å². The maximum absolute atomic E-state index is 2.34. The van der Waals surface area contributed by atoms with Crippen molar-refractivity contribution in [3.63, 3.8) is 0 Å². The van der Waals surface area contributed by atoms with Crippen molar-refractivity contribution in [3.05, 3.63) is 0 Å². The van der Waals surface area contributed by atoms with Crippen molar-refractivity contribution in [2.45, 2.75) is 305 Å². The highest BCUT2D eigenvalue weighted by atomic mass is 14.1. The third-order valence-electron chi connectivity index (χ3n) is 7.34. The van der Waals surface area contributed by atoms with Gasteiger partial charge in [-0.15, -0.1) is 0 Å². The average Bonchev–Trinajstić information content (AvgIpc) is 3.52. The van der Waals surface area contributed by atoms with Crippen LogP contribution in [0.25, 0.3) is 0 Å². The lowest BCUT2D eigenvalue weighted by molar-refractivity contribution is 0.397. The van der Waals surface area contributed by atoms with Crippen LogP contribution in [0.3, 0.4) is 0 Å². The molecule has 1 fully saturated rings. The maximum Gasteiger partial charge on any atom is -0.0385 e. The van der Waals surface area contributed by atoms with Gasteiger partial charge in [0.05, 0.1) is 0 Å². The van der Waals surface area contributed by atoms with Crippen LogP contribution in [-0.2, 0) is 0 Å². The van der Waals surface area contributed by atoms with Crippen molar-refractivity contribution in [1.29, 1.82) is 0 Å². The van der Waals surface area contributed by atoms with Crippen molar-refractivity contribution in [2.75, 3.05) is 0 Å². The summed E-state index contributed by atoms with van der Waals surface area (Å²) in [4.78, 5) is 0. The van der Waals surface area contributed by atoms with Gasteiger partial charge in [-0.3, -0.25) is 0 Å². The van der Waals surface area contributed by atoms with Crippen LogP contribution in [-0.4, -0.2) is 0 Å². The van der Waals surface area contributed by atoms with E-state index in [4.69, 9.17) is 0 Å². The molecular weight excluding hydrogens is 637 g/mol. The zero-order valence-corrected chi connectivity index (χ0v) is 45.3. The molecule has 1 aliphatic rings. The van der Waals surface area contributed by atoms with Crippen LogP contribution in [0, 0.1) is 45.8 Å². The first kappa shape index (κ1) is 77.5. The van der Waals surface area contributed by atoms with E-state index in [0.717, 1.165) is 29.6 Å². The molecule has 0 spiro atoms. The lowest BCUT2D eigenvalue weighted by atomic mass is 9.94. The summed E-state index contributed by atoms with van der Waals surface area (Å²) in [6.45, 7) is 68.2. The van der Waals surface area contributed by atoms with Crippen molar-refractivity contribution in [3.8, 4) is 0 Å². The Hall–Kier alpha value is 0. The molecular formula is C53H126. The van der Waals surface area contributed by atoms with Crippen LogP contribution in [0.15, 0.2) is 0 Å². The monoisotopic (exact) mass is 763 g/mol. The van der Waals surface area contributed by atoms with Crippen LogP contribution >= 0.6 is 0 Å². The number of unbranched alkanes of at least 4 members (excludes halogenated alkanes) is 1. The predicted octanol–water partition coefficient (Wildman–Crippen LogP) is 22.0. The molecule has 0 saturated heterocycles. The van der Waals surface area contributed by atoms with E-state index >= 15 is 0 Å². The van der Waals surface area contributed by atoms with E-state index in [9.17, 15) is 0 Å². The van der Waals surface area contributed by atoms with Gasteiger partial charge in [-0.05, 0) is 45.8 Å². The molecule has 0 aromatic heterocycles. The summed E-state index contributed by atoms with van der Waals surface area (Å²) >= 11 is 0. The summed E-state index contributed by atoms with van der Waals surface area (Å²) in [6.07, 6.45) is 19.0. The summed E-state index contributed by atoms with van der Waals surface area (Å²) in [5.41, 5.74) is 1.58. The largest absolute Gasteiger partial charge is 0.0683 e. The van der Waals surface area contributed by atoms with Gasteiger partial charge in [-0.25, -0.2) is 0 Å². The minimum atomic E-state index is 0.500. The molecule has 0 atom stereocenters. The second-order valence-electron chi connectivity index (χ2n) is 20.6. The standard InChI is InChI=1S/C6H12.4C6H14.2C5H12.2C4H10.C3H8.C2H6/c1-6-4-2-3-5-6;2*1-5-6(2,3)4;1-4-5-6(2)3;1-4-6(3)5-2;1-5(2,3)4;1-4-5(2)3;1-4(2)3;1-3-4-2;1-3-2;1-2/h6H,2-5H2,1H3;2*5H2,1-4H3;2*6H,4-5H2,1-3H3;1-4H3;5H,4H2,1-3H3;4H,1-3H3;3-4H2,1-2H3;3H2,1-2H3;1-2H3. The van der Waals surface area contributed by atoms with Crippen molar-refractivity contribution in [1.82, 2.24) is 0 Å². The van der Waals surface area contributed by atoms with E-state index in [1.165, 1.54) is 89.9 Å². The van der Waals surface area contributed by atoms with E-state index in [0.29, 0.717) is 16.2 Å². The molecule has 0 nitrogen and oxygen atoms in total. The van der Waals surface area contributed by atoms with Gasteiger partial charge in [0.15, 0.2) is 0 Å². The second kappa shape index (κ2) is 61.2. The smallest absolute Gasteiger partial charge is 0.0385 e. The molecule has 0 unspecified atom stereocenters. The average molecular weight is 764 g/mol. The van der Waals surface area contributed by atoms with Crippen molar-refractivity contribution < 1.29 is 0 Å². The fourth-order valence-electron chi connectivity index (χ4n) is 2.00. The Kier molecular flexibility index (Phi) is 89.5. The molecule has 1 aliphatic carbocycles. The topological polar surface area (TPSA) is 0 Å². The minimum absolute atomic E-state index is 0.500. The molecule has 1 rings (SSSR count). The van der Waals surface area contributed by atoms with E-state index in [1.54, 1.807) is 0 Å². The Morgan fingerprint density at radius 2 is 0.660 bits per heavy atom. The van der Waals surface area contributed by atoms with E-state index in [1.807, 2.05) is 13.8 Å². The Morgan fingerprint density at radius 1 is 0.453 bits per heavy atom. The normalized spacial score (nSPS) is 11.6. The van der Waals surface area contributed by atoms with Gasteiger partial charge in [0, 0.05) is 0 Å². The van der Waals surface area contributed by atoms with Crippen LogP contribution in [0.5, 0.6) is 0 Å². The van der Waals surface area contributed by atoms with Crippen LogP contribution in [0.2, 0.25) is 0 Å². The van der Waals surface area contributed by atoms with Crippen LogP contribution < -0.4 is 0 Å². The molecule has 338 valence electrons. The Bertz CT molecular complexity index is 453. The molecule has 0 bridgehead atoms. The number of hydrogen-bond acceptors (Lipinski definition) is 0. The van der Waals surface area contributed by atoms with E-state index in [2.05, 4.69) is 201 Å². The van der Waals surface area contributed by atoms with Crippen molar-refractivity contribution >= 4 is 0 Å². The summed E-state index contributed by atoms with van der Waals surface area (Å²) in [5, 5.41) is 0. The van der Waals surface area contributed by atoms with Gasteiger partial charge in [0.1, 0.15) is 0 Å². The lowest BCUT2D eigenvalue weighted by Gasteiger charge is -2.12. The van der Waals surface area contributed by atoms with Gasteiger partial charge in [0.2, 0.25) is 0 Å². The van der Waals surface area contributed by atoms with Crippen LogP contribution in [0.1, 0.15) is 305 Å². The summed E-state index contributed by atoms with van der Waals surface area (Å²) < 4.78 is 0. The van der Waals surface area contributed by atoms with E-state index < -0.39 is 0 Å². The molecule has 0 heterocycles. The third kappa shape index (κ3) is 246. The predicted molar refractivity (Wildman–Crippen MR) is 265 cm³/mol. The molecule has 0 amide bonds. The second-order valence-corrected chi connectivity index (χ2v) is 20.6. The number of rotatable bonds is 6. The Balaban J connectivity index is -0.0000000485. The molecule has 0 N–H and O–H groups in total. The quantitative estimate of drug-likeness (QED) is 0.253. The molecule has 0 heteroatoms. The summed E-state index contributed by atoms with van der Waals surface area (Å²) in [5.74, 6) is 4.60. The SMILES string of the molecule is CC.CC(C)(C)C.CC(C)C.CC1CCCC1.CCC.CCC(C)(C)C.CCC(C)(C)C.CCC(C)C.CCC(C)CC.CCCC.CCCC(C)C. The first-order valence-corrected chi connectivity index (χ1v) is 23.9.